The van der Waals surface area contributed by atoms with Gasteiger partial charge >= 0.3 is 5.97 Å². The van der Waals surface area contributed by atoms with Crippen molar-refractivity contribution in [3.05, 3.63) is 30.1 Å². The lowest BCUT2D eigenvalue weighted by Gasteiger charge is -2.23. The van der Waals surface area contributed by atoms with Crippen LogP contribution in [0, 0.1) is 0 Å². The zero-order chi connectivity index (χ0) is 12.9. The van der Waals surface area contributed by atoms with Crippen LogP contribution in [0.4, 0.5) is 0 Å². The van der Waals surface area contributed by atoms with Crippen LogP contribution in [0.2, 0.25) is 0 Å². The van der Waals surface area contributed by atoms with Crippen LogP contribution in [0.3, 0.4) is 0 Å². The van der Waals surface area contributed by atoms with Crippen molar-refractivity contribution < 1.29 is 19.4 Å². The fraction of sp³-hybridized carbons (Fsp3) is 0.364. The van der Waals surface area contributed by atoms with Crippen LogP contribution in [0.25, 0.3) is 0 Å². The maximum atomic E-state index is 12.0. The molecule has 6 nitrogen and oxygen atoms in total. The number of ether oxygens (including phenoxy) is 1. The van der Waals surface area contributed by atoms with E-state index in [2.05, 4.69) is 4.98 Å². The molecule has 1 aromatic heterocycles. The van der Waals surface area contributed by atoms with Crippen molar-refractivity contribution in [2.24, 2.45) is 5.73 Å². The average Bonchev–Trinajstić information content (AvgIpc) is 2.35. The van der Waals surface area contributed by atoms with E-state index >= 15 is 0 Å². The number of nitrogens with two attached hydrogens (primary N) is 1. The van der Waals surface area contributed by atoms with Crippen molar-refractivity contribution >= 4 is 11.8 Å². The zero-order valence-electron chi connectivity index (χ0n) is 9.42. The third-order valence-electron chi connectivity index (χ3n) is 2.27. The van der Waals surface area contributed by atoms with Gasteiger partial charge in [0.05, 0.1) is 6.61 Å². The smallest absolute Gasteiger partial charge is 0.343 e. The molecule has 17 heavy (non-hydrogen) atoms. The number of carbonyl (C=O) groups excluding carboxylic acids is 1. The average molecular weight is 238 g/mol. The highest BCUT2D eigenvalue weighted by atomic mass is 16.5. The van der Waals surface area contributed by atoms with Gasteiger partial charge in [-0.3, -0.25) is 9.78 Å². The first-order valence-electron chi connectivity index (χ1n) is 5.04. The van der Waals surface area contributed by atoms with E-state index in [1.807, 2.05) is 0 Å². The molecule has 0 aliphatic heterocycles. The molecule has 0 saturated carbocycles. The van der Waals surface area contributed by atoms with Crippen LogP contribution in [0.5, 0.6) is 0 Å². The standard InChI is InChI=1S/C11H14N2O4/c1-11(10(15)16,17-6-4-12)9(14)8-3-2-5-13-7-8/h2-3,5,7H,4,6,12H2,1H3,(H,15,16). The van der Waals surface area contributed by atoms with Gasteiger partial charge in [-0.25, -0.2) is 4.79 Å². The van der Waals surface area contributed by atoms with Gasteiger partial charge in [-0.05, 0) is 19.1 Å². The number of carboxylic acids is 1. The van der Waals surface area contributed by atoms with Crippen molar-refractivity contribution in [2.45, 2.75) is 12.5 Å². The lowest BCUT2D eigenvalue weighted by atomic mass is 9.95. The summed E-state index contributed by atoms with van der Waals surface area (Å²) in [6, 6.07) is 3.04. The largest absolute Gasteiger partial charge is 0.479 e. The Hall–Kier alpha value is -1.79. The summed E-state index contributed by atoms with van der Waals surface area (Å²) in [5.74, 6) is -1.99. The third-order valence-corrected chi connectivity index (χ3v) is 2.27. The molecule has 0 aromatic carbocycles. The molecule has 1 heterocycles. The first-order chi connectivity index (χ1) is 8.02. The Morgan fingerprint density at radius 2 is 2.29 bits per heavy atom. The number of hydrogen-bond acceptors (Lipinski definition) is 5. The molecule has 0 bridgehead atoms. The molecule has 1 rings (SSSR count). The molecule has 0 aliphatic carbocycles. The van der Waals surface area contributed by atoms with Gasteiger partial charge in [0.2, 0.25) is 11.4 Å². The van der Waals surface area contributed by atoms with Crippen molar-refractivity contribution in [2.75, 3.05) is 13.2 Å². The summed E-state index contributed by atoms with van der Waals surface area (Å²) in [4.78, 5) is 26.9. The highest BCUT2D eigenvalue weighted by Crippen LogP contribution is 2.17. The number of hydrogen-bond donors (Lipinski definition) is 2. The second kappa shape index (κ2) is 5.51. The van der Waals surface area contributed by atoms with Gasteiger partial charge in [-0.2, -0.15) is 0 Å². The van der Waals surface area contributed by atoms with E-state index in [0.717, 1.165) is 0 Å². The Bertz CT molecular complexity index is 407. The van der Waals surface area contributed by atoms with Crippen molar-refractivity contribution in [1.82, 2.24) is 4.98 Å². The van der Waals surface area contributed by atoms with E-state index in [9.17, 15) is 9.59 Å². The third kappa shape index (κ3) is 2.86. The number of aliphatic carboxylic acids is 1. The molecule has 3 N–H and O–H groups in total. The van der Waals surface area contributed by atoms with E-state index < -0.39 is 17.4 Å². The normalized spacial score (nSPS) is 14.0. The van der Waals surface area contributed by atoms with E-state index in [1.165, 1.54) is 25.4 Å². The van der Waals surface area contributed by atoms with Crippen LogP contribution in [0.1, 0.15) is 17.3 Å². The Kier molecular flexibility index (Phi) is 4.30. The van der Waals surface area contributed by atoms with Crippen molar-refractivity contribution in [1.29, 1.82) is 0 Å². The molecule has 1 atom stereocenters. The topological polar surface area (TPSA) is 103 Å². The predicted octanol–water partition coefficient (Wildman–Crippen LogP) is 0.0829. The van der Waals surface area contributed by atoms with Gasteiger partial charge < -0.3 is 15.6 Å². The number of pyridine rings is 1. The first kappa shape index (κ1) is 13.3. The summed E-state index contributed by atoms with van der Waals surface area (Å²) < 4.78 is 5.05. The Morgan fingerprint density at radius 3 is 2.76 bits per heavy atom. The summed E-state index contributed by atoms with van der Waals surface area (Å²) in [6.07, 6.45) is 2.80. The molecule has 0 saturated heterocycles. The van der Waals surface area contributed by atoms with Crippen molar-refractivity contribution in [3.8, 4) is 0 Å². The number of aromatic nitrogens is 1. The molecule has 0 spiro atoms. The monoisotopic (exact) mass is 238 g/mol. The van der Waals surface area contributed by atoms with Crippen LogP contribution >= 0.6 is 0 Å². The molecule has 0 fully saturated rings. The summed E-state index contributed by atoms with van der Waals surface area (Å²) >= 11 is 0. The minimum atomic E-state index is -1.93. The molecular formula is C11H14N2O4. The molecular weight excluding hydrogens is 224 g/mol. The maximum absolute atomic E-state index is 12.0. The summed E-state index contributed by atoms with van der Waals surface area (Å²) in [6.45, 7) is 1.35. The van der Waals surface area contributed by atoms with E-state index in [4.69, 9.17) is 15.6 Å². The predicted molar refractivity (Wildman–Crippen MR) is 59.6 cm³/mol. The molecule has 6 heteroatoms. The first-order valence-corrected chi connectivity index (χ1v) is 5.04. The maximum Gasteiger partial charge on any atom is 0.343 e. The Balaban J connectivity index is 2.99. The second-order valence-electron chi connectivity index (χ2n) is 3.55. The number of Topliss-reactive ketones (excluding diaryl/α,β-unsaturated/α-hetero) is 1. The number of carbonyl (C=O) groups is 2. The number of ketones is 1. The highest BCUT2D eigenvalue weighted by molar-refractivity contribution is 6.14. The number of rotatable bonds is 6. The van der Waals surface area contributed by atoms with Gasteiger partial charge in [0.25, 0.3) is 0 Å². The summed E-state index contributed by atoms with van der Waals surface area (Å²) in [5, 5.41) is 9.08. The number of nitrogens with zero attached hydrogens (tertiary/aromatic N) is 1. The van der Waals surface area contributed by atoms with E-state index in [0.29, 0.717) is 0 Å². The molecule has 0 aliphatic rings. The molecule has 0 amide bonds. The van der Waals surface area contributed by atoms with Crippen molar-refractivity contribution in [3.63, 3.8) is 0 Å². The van der Waals surface area contributed by atoms with Gasteiger partial charge in [-0.15, -0.1) is 0 Å². The molecule has 1 aromatic rings. The van der Waals surface area contributed by atoms with Crippen LogP contribution in [-0.4, -0.2) is 40.6 Å². The Labute approximate surface area is 98.4 Å². The molecule has 0 radical (unpaired) electrons. The van der Waals surface area contributed by atoms with Gasteiger partial charge in [0.1, 0.15) is 0 Å². The van der Waals surface area contributed by atoms with Crippen LogP contribution in [-0.2, 0) is 9.53 Å². The van der Waals surface area contributed by atoms with Crippen LogP contribution in [0.15, 0.2) is 24.5 Å². The number of carboxylic acid groups (broad SMARTS) is 1. The minimum Gasteiger partial charge on any atom is -0.479 e. The molecule has 1 unspecified atom stereocenters. The van der Waals surface area contributed by atoms with Gasteiger partial charge in [0.15, 0.2) is 0 Å². The van der Waals surface area contributed by atoms with E-state index in [-0.39, 0.29) is 18.7 Å². The SMILES string of the molecule is CC(OCCN)(C(=O)O)C(=O)c1cccnc1. The lowest BCUT2D eigenvalue weighted by molar-refractivity contribution is -0.156. The van der Waals surface area contributed by atoms with Gasteiger partial charge in [-0.1, -0.05) is 0 Å². The van der Waals surface area contributed by atoms with Crippen LogP contribution < -0.4 is 5.73 Å². The van der Waals surface area contributed by atoms with E-state index in [1.54, 1.807) is 6.07 Å². The van der Waals surface area contributed by atoms with Gasteiger partial charge in [0, 0.05) is 24.5 Å². The fourth-order valence-electron chi connectivity index (χ4n) is 1.26. The quantitative estimate of drug-likeness (QED) is 0.537. The highest BCUT2D eigenvalue weighted by Gasteiger charge is 2.42. The summed E-state index contributed by atoms with van der Waals surface area (Å²) in [5.41, 5.74) is 3.49. The summed E-state index contributed by atoms with van der Waals surface area (Å²) in [7, 11) is 0. The fourth-order valence-corrected chi connectivity index (χ4v) is 1.26. The second-order valence-corrected chi connectivity index (χ2v) is 3.55. The molecule has 92 valence electrons. The lowest BCUT2D eigenvalue weighted by Crippen LogP contribution is -2.47. The minimum absolute atomic E-state index is 0.00516. The Morgan fingerprint density at radius 1 is 1.59 bits per heavy atom. The zero-order valence-corrected chi connectivity index (χ0v) is 9.42.